The summed E-state index contributed by atoms with van der Waals surface area (Å²) >= 11 is 4.95. The second kappa shape index (κ2) is 5.26. The van der Waals surface area contributed by atoms with E-state index in [0.29, 0.717) is 11.3 Å². The van der Waals surface area contributed by atoms with Crippen LogP contribution in [-0.2, 0) is 0 Å². The van der Waals surface area contributed by atoms with Gasteiger partial charge < -0.3 is 5.73 Å². The van der Waals surface area contributed by atoms with Crippen molar-refractivity contribution in [1.29, 1.82) is 5.26 Å². The molecule has 0 aliphatic rings. The molecule has 84 valence electrons. The molecule has 2 aromatic carbocycles. The maximum absolute atomic E-state index is 8.85. The highest BCUT2D eigenvalue weighted by Crippen LogP contribution is 2.33. The maximum atomic E-state index is 8.85. The van der Waals surface area contributed by atoms with E-state index in [4.69, 9.17) is 11.0 Å². The van der Waals surface area contributed by atoms with E-state index in [0.717, 1.165) is 14.3 Å². The summed E-state index contributed by atoms with van der Waals surface area (Å²) in [4.78, 5) is 2.00. The third-order valence-electron chi connectivity index (χ3n) is 2.18. The van der Waals surface area contributed by atoms with E-state index in [1.807, 2.05) is 30.3 Å². The number of nitrogens with zero attached hydrogens (tertiary/aromatic N) is 1. The molecule has 0 bridgehead atoms. The number of halogens is 1. The van der Waals surface area contributed by atoms with Gasteiger partial charge >= 0.3 is 0 Å². The van der Waals surface area contributed by atoms with Crippen LogP contribution < -0.4 is 5.73 Å². The average Bonchev–Trinajstić information content (AvgIpc) is 2.35. The van der Waals surface area contributed by atoms with Gasteiger partial charge in [0, 0.05) is 20.0 Å². The van der Waals surface area contributed by atoms with Crippen molar-refractivity contribution in [2.45, 2.75) is 9.79 Å². The van der Waals surface area contributed by atoms with Crippen LogP contribution in [0.15, 0.2) is 56.7 Å². The lowest BCUT2D eigenvalue weighted by molar-refractivity contribution is 1.38. The number of nitrogen functional groups attached to an aromatic ring is 1. The minimum absolute atomic E-state index is 0.624. The molecular weight excluding hydrogens is 296 g/mol. The van der Waals surface area contributed by atoms with Gasteiger partial charge in [0.25, 0.3) is 0 Å². The predicted molar refractivity (Wildman–Crippen MR) is 73.8 cm³/mol. The Bertz CT molecular complexity index is 573. The summed E-state index contributed by atoms with van der Waals surface area (Å²) < 4.78 is 1.04. The molecule has 0 amide bonds. The van der Waals surface area contributed by atoms with Gasteiger partial charge in [-0.1, -0.05) is 27.7 Å². The number of benzene rings is 2. The molecule has 4 heteroatoms. The van der Waals surface area contributed by atoms with Crippen molar-refractivity contribution in [3.63, 3.8) is 0 Å². The Kier molecular flexibility index (Phi) is 3.72. The van der Waals surface area contributed by atoms with Crippen LogP contribution in [0, 0.1) is 11.3 Å². The Morgan fingerprint density at radius 1 is 1.12 bits per heavy atom. The van der Waals surface area contributed by atoms with Gasteiger partial charge in [-0.05, 0) is 42.5 Å². The van der Waals surface area contributed by atoms with Crippen molar-refractivity contribution in [2.75, 3.05) is 5.73 Å². The number of nitrogens with two attached hydrogens (primary N) is 1. The van der Waals surface area contributed by atoms with Crippen LogP contribution in [0.4, 0.5) is 5.69 Å². The van der Waals surface area contributed by atoms with Crippen LogP contribution in [-0.4, -0.2) is 0 Å². The third-order valence-corrected chi connectivity index (χ3v) is 3.79. The molecule has 2 aromatic rings. The number of hydrogen-bond acceptors (Lipinski definition) is 3. The number of nitriles is 1. The third kappa shape index (κ3) is 3.02. The Balaban J connectivity index is 2.29. The van der Waals surface area contributed by atoms with Crippen LogP contribution in [0.3, 0.4) is 0 Å². The predicted octanol–water partition coefficient (Wildman–Crippen LogP) is 4.05. The first-order chi connectivity index (χ1) is 8.19. The minimum Gasteiger partial charge on any atom is -0.398 e. The highest BCUT2D eigenvalue weighted by molar-refractivity contribution is 9.10. The quantitative estimate of drug-likeness (QED) is 0.851. The Hall–Kier alpha value is -1.44. The minimum atomic E-state index is 0.624. The van der Waals surface area contributed by atoms with Crippen molar-refractivity contribution in [1.82, 2.24) is 0 Å². The molecule has 0 aliphatic carbocycles. The fourth-order valence-corrected chi connectivity index (χ4v) is 2.48. The molecule has 0 atom stereocenters. The number of hydrogen-bond donors (Lipinski definition) is 1. The van der Waals surface area contributed by atoms with Crippen molar-refractivity contribution < 1.29 is 0 Å². The van der Waals surface area contributed by atoms with Gasteiger partial charge in [-0.3, -0.25) is 0 Å². The van der Waals surface area contributed by atoms with Crippen LogP contribution in [0.1, 0.15) is 5.56 Å². The second-order valence-corrected chi connectivity index (χ2v) is 5.45. The molecule has 0 spiro atoms. The van der Waals surface area contributed by atoms with Crippen molar-refractivity contribution in [3.05, 3.63) is 52.5 Å². The van der Waals surface area contributed by atoms with E-state index in [1.165, 1.54) is 0 Å². The van der Waals surface area contributed by atoms with Crippen LogP contribution in [0.5, 0.6) is 0 Å². The lowest BCUT2D eigenvalue weighted by Gasteiger charge is -2.05. The number of rotatable bonds is 2. The van der Waals surface area contributed by atoms with Gasteiger partial charge in [0.15, 0.2) is 0 Å². The molecule has 17 heavy (non-hydrogen) atoms. The molecule has 2 nitrogen and oxygen atoms in total. The molecule has 0 heterocycles. The summed E-state index contributed by atoms with van der Waals surface area (Å²) in [5.41, 5.74) is 7.20. The smallest absolute Gasteiger partial charge is 0.0992 e. The van der Waals surface area contributed by atoms with Gasteiger partial charge in [0.2, 0.25) is 0 Å². The highest BCUT2D eigenvalue weighted by atomic mass is 79.9. The van der Waals surface area contributed by atoms with E-state index >= 15 is 0 Å². The number of anilines is 1. The van der Waals surface area contributed by atoms with Crippen LogP contribution >= 0.6 is 27.7 Å². The van der Waals surface area contributed by atoms with E-state index in [2.05, 4.69) is 22.0 Å². The molecular formula is C13H9BrN2S. The molecule has 2 N–H and O–H groups in total. The summed E-state index contributed by atoms with van der Waals surface area (Å²) in [6.07, 6.45) is 0. The van der Waals surface area contributed by atoms with Crippen molar-refractivity contribution in [2.24, 2.45) is 0 Å². The Morgan fingerprint density at radius 2 is 1.82 bits per heavy atom. The van der Waals surface area contributed by atoms with Crippen LogP contribution in [0.2, 0.25) is 0 Å². The topological polar surface area (TPSA) is 49.8 Å². The Morgan fingerprint density at radius 3 is 2.47 bits per heavy atom. The summed E-state index contributed by atoms with van der Waals surface area (Å²) in [6.45, 7) is 0. The zero-order valence-electron chi connectivity index (χ0n) is 8.85. The van der Waals surface area contributed by atoms with Gasteiger partial charge in [-0.25, -0.2) is 0 Å². The first-order valence-electron chi connectivity index (χ1n) is 4.92. The van der Waals surface area contributed by atoms with E-state index in [1.54, 1.807) is 23.9 Å². The first-order valence-corrected chi connectivity index (χ1v) is 6.53. The largest absolute Gasteiger partial charge is 0.398 e. The fourth-order valence-electron chi connectivity index (χ4n) is 1.32. The van der Waals surface area contributed by atoms with E-state index in [-0.39, 0.29) is 0 Å². The van der Waals surface area contributed by atoms with Gasteiger partial charge in [-0.2, -0.15) is 5.26 Å². The molecule has 0 saturated carbocycles. The molecule has 0 aromatic heterocycles. The fraction of sp³-hybridized carbons (Fsp3) is 0. The summed E-state index contributed by atoms with van der Waals surface area (Å²) in [5.74, 6) is 0. The Labute approximate surface area is 113 Å². The lowest BCUT2D eigenvalue weighted by Crippen LogP contribution is -1.89. The zero-order valence-corrected chi connectivity index (χ0v) is 11.3. The van der Waals surface area contributed by atoms with Gasteiger partial charge in [0.1, 0.15) is 0 Å². The van der Waals surface area contributed by atoms with Crippen molar-refractivity contribution in [3.8, 4) is 6.07 Å². The molecule has 2 rings (SSSR count). The normalized spacial score (nSPS) is 9.88. The SMILES string of the molecule is N#Cc1ccc(N)c(Sc2ccc(Br)cc2)c1. The summed E-state index contributed by atoms with van der Waals surface area (Å²) in [6, 6.07) is 15.4. The average molecular weight is 305 g/mol. The van der Waals surface area contributed by atoms with Crippen LogP contribution in [0.25, 0.3) is 0 Å². The second-order valence-electron chi connectivity index (χ2n) is 3.42. The zero-order chi connectivity index (χ0) is 12.3. The van der Waals surface area contributed by atoms with Gasteiger partial charge in [0.05, 0.1) is 11.6 Å². The lowest BCUT2D eigenvalue weighted by atomic mass is 10.2. The monoisotopic (exact) mass is 304 g/mol. The van der Waals surface area contributed by atoms with Gasteiger partial charge in [-0.15, -0.1) is 0 Å². The van der Waals surface area contributed by atoms with Crippen molar-refractivity contribution >= 4 is 33.4 Å². The molecule has 0 fully saturated rings. The maximum Gasteiger partial charge on any atom is 0.0992 e. The molecule has 0 saturated heterocycles. The molecule has 0 unspecified atom stereocenters. The van der Waals surface area contributed by atoms with E-state index < -0.39 is 0 Å². The highest BCUT2D eigenvalue weighted by Gasteiger charge is 2.03. The first kappa shape index (κ1) is 12.0. The molecule has 0 radical (unpaired) electrons. The van der Waals surface area contributed by atoms with E-state index in [9.17, 15) is 0 Å². The molecule has 0 aliphatic heterocycles. The standard InChI is InChI=1S/C13H9BrN2S/c14-10-2-4-11(5-3-10)17-13-7-9(8-15)1-6-12(13)16/h1-7H,16H2. The summed E-state index contributed by atoms with van der Waals surface area (Å²) in [5, 5.41) is 8.85. The summed E-state index contributed by atoms with van der Waals surface area (Å²) in [7, 11) is 0.